The van der Waals surface area contributed by atoms with Crippen LogP contribution < -0.4 is 11.3 Å². The van der Waals surface area contributed by atoms with Gasteiger partial charge in [0.25, 0.3) is 5.56 Å². The number of hydrogen-bond donors (Lipinski definition) is 2. The van der Waals surface area contributed by atoms with Crippen LogP contribution in [0.3, 0.4) is 0 Å². The minimum atomic E-state index is -0.0954. The third kappa shape index (κ3) is 2.10. The van der Waals surface area contributed by atoms with Gasteiger partial charge in [0.15, 0.2) is 0 Å². The molecule has 0 aliphatic carbocycles. The summed E-state index contributed by atoms with van der Waals surface area (Å²) in [5.41, 5.74) is 9.81. The second kappa shape index (κ2) is 4.28. The number of aryl methyl sites for hydroxylation is 1. The molecule has 0 radical (unpaired) electrons. The van der Waals surface area contributed by atoms with Crippen LogP contribution in [0, 0.1) is 6.92 Å². The van der Waals surface area contributed by atoms with Crippen LogP contribution in [0.25, 0.3) is 22.0 Å². The number of aromatic nitrogens is 1. The van der Waals surface area contributed by atoms with E-state index in [2.05, 4.69) is 4.98 Å². The Kier molecular flexibility index (Phi) is 2.60. The zero-order valence-corrected chi connectivity index (χ0v) is 10.6. The Labute approximate surface area is 110 Å². The van der Waals surface area contributed by atoms with E-state index in [1.807, 2.05) is 49.4 Å². The van der Waals surface area contributed by atoms with Gasteiger partial charge in [-0.25, -0.2) is 0 Å². The quantitative estimate of drug-likeness (QED) is 0.652. The van der Waals surface area contributed by atoms with Gasteiger partial charge in [0.1, 0.15) is 0 Å². The first-order valence-electron chi connectivity index (χ1n) is 6.13. The lowest BCUT2D eigenvalue weighted by Gasteiger charge is -2.05. The average Bonchev–Trinajstić information content (AvgIpc) is 2.39. The Morgan fingerprint density at radius 1 is 1.00 bits per heavy atom. The summed E-state index contributed by atoms with van der Waals surface area (Å²) < 4.78 is 0. The smallest absolute Gasteiger partial charge is 0.256 e. The van der Waals surface area contributed by atoms with E-state index in [0.29, 0.717) is 11.3 Å². The van der Waals surface area contributed by atoms with Gasteiger partial charge in [-0.1, -0.05) is 35.9 Å². The minimum absolute atomic E-state index is 0.0954. The number of benzene rings is 2. The highest BCUT2D eigenvalue weighted by Gasteiger charge is 2.05. The second-order valence-corrected chi connectivity index (χ2v) is 4.72. The zero-order valence-electron chi connectivity index (χ0n) is 10.6. The third-order valence-electron chi connectivity index (χ3n) is 3.23. The second-order valence-electron chi connectivity index (χ2n) is 4.72. The first kappa shape index (κ1) is 11.5. The Hall–Kier alpha value is -2.55. The van der Waals surface area contributed by atoms with Gasteiger partial charge in [-0.3, -0.25) is 4.79 Å². The van der Waals surface area contributed by atoms with E-state index in [4.69, 9.17) is 5.73 Å². The summed E-state index contributed by atoms with van der Waals surface area (Å²) in [5, 5.41) is 0.976. The van der Waals surface area contributed by atoms with Gasteiger partial charge in [0.05, 0.1) is 5.52 Å². The summed E-state index contributed by atoms with van der Waals surface area (Å²) in [5.74, 6) is 0. The van der Waals surface area contributed by atoms with Gasteiger partial charge < -0.3 is 10.7 Å². The van der Waals surface area contributed by atoms with Crippen molar-refractivity contribution in [1.29, 1.82) is 0 Å². The van der Waals surface area contributed by atoms with Crippen molar-refractivity contribution in [2.24, 2.45) is 0 Å². The molecule has 2 aromatic carbocycles. The van der Waals surface area contributed by atoms with E-state index in [1.165, 1.54) is 5.56 Å². The van der Waals surface area contributed by atoms with Crippen molar-refractivity contribution in [2.75, 3.05) is 5.73 Å². The number of fused-ring (bicyclic) bond motifs is 1. The van der Waals surface area contributed by atoms with Crippen LogP contribution >= 0.6 is 0 Å². The van der Waals surface area contributed by atoms with Crippen molar-refractivity contribution in [3.05, 3.63) is 64.4 Å². The zero-order chi connectivity index (χ0) is 13.4. The molecule has 3 nitrogen and oxygen atoms in total. The molecule has 0 aliphatic rings. The highest BCUT2D eigenvalue weighted by Crippen LogP contribution is 2.21. The van der Waals surface area contributed by atoms with E-state index >= 15 is 0 Å². The molecule has 3 N–H and O–H groups in total. The van der Waals surface area contributed by atoms with Gasteiger partial charge in [-0.05, 0) is 36.1 Å². The van der Waals surface area contributed by atoms with Gasteiger partial charge in [0, 0.05) is 11.3 Å². The molecular weight excluding hydrogens is 236 g/mol. The van der Waals surface area contributed by atoms with Crippen molar-refractivity contribution >= 4 is 16.6 Å². The molecule has 0 bridgehead atoms. The van der Waals surface area contributed by atoms with Crippen LogP contribution in [-0.2, 0) is 0 Å². The topological polar surface area (TPSA) is 58.9 Å². The molecule has 19 heavy (non-hydrogen) atoms. The first-order chi connectivity index (χ1) is 9.13. The van der Waals surface area contributed by atoms with Crippen LogP contribution in [0.4, 0.5) is 5.69 Å². The van der Waals surface area contributed by atoms with Crippen LogP contribution in [-0.4, -0.2) is 4.98 Å². The molecule has 3 heteroatoms. The molecule has 94 valence electrons. The SMILES string of the molecule is Cc1ccc(-c2cc3ccc(N)cc3[nH]c2=O)cc1. The molecule has 0 unspecified atom stereocenters. The maximum atomic E-state index is 12.1. The van der Waals surface area contributed by atoms with Gasteiger partial charge in [-0.2, -0.15) is 0 Å². The predicted molar refractivity (Wildman–Crippen MR) is 79.2 cm³/mol. The van der Waals surface area contributed by atoms with Crippen LogP contribution in [0.2, 0.25) is 0 Å². The average molecular weight is 250 g/mol. The van der Waals surface area contributed by atoms with Crippen molar-refractivity contribution < 1.29 is 0 Å². The Bertz CT molecular complexity index is 801. The maximum Gasteiger partial charge on any atom is 0.256 e. The molecule has 0 spiro atoms. The number of aromatic amines is 1. The van der Waals surface area contributed by atoms with Crippen molar-refractivity contribution in [1.82, 2.24) is 4.98 Å². The van der Waals surface area contributed by atoms with Crippen molar-refractivity contribution in [3.63, 3.8) is 0 Å². The van der Waals surface area contributed by atoms with E-state index in [-0.39, 0.29) is 5.56 Å². The predicted octanol–water partition coefficient (Wildman–Crippen LogP) is 3.09. The summed E-state index contributed by atoms with van der Waals surface area (Å²) in [6, 6.07) is 15.3. The molecule has 1 heterocycles. The molecule has 1 aromatic heterocycles. The number of H-pyrrole nitrogens is 1. The fraction of sp³-hybridized carbons (Fsp3) is 0.0625. The van der Waals surface area contributed by atoms with Crippen molar-refractivity contribution in [3.8, 4) is 11.1 Å². The summed E-state index contributed by atoms with van der Waals surface area (Å²) >= 11 is 0. The molecule has 0 amide bonds. The summed E-state index contributed by atoms with van der Waals surface area (Å²) in [6.45, 7) is 2.02. The number of anilines is 1. The van der Waals surface area contributed by atoms with Crippen LogP contribution in [0.5, 0.6) is 0 Å². The van der Waals surface area contributed by atoms with Gasteiger partial charge in [-0.15, -0.1) is 0 Å². The molecule has 0 saturated heterocycles. The minimum Gasteiger partial charge on any atom is -0.399 e. The Balaban J connectivity index is 2.24. The largest absolute Gasteiger partial charge is 0.399 e. The lowest BCUT2D eigenvalue weighted by Crippen LogP contribution is -2.08. The maximum absolute atomic E-state index is 12.1. The summed E-state index contributed by atoms with van der Waals surface area (Å²) in [4.78, 5) is 15.0. The molecule has 0 atom stereocenters. The van der Waals surface area contributed by atoms with E-state index < -0.39 is 0 Å². The number of nitrogen functional groups attached to an aromatic ring is 1. The highest BCUT2D eigenvalue weighted by molar-refractivity contribution is 5.85. The molecular formula is C16H14N2O. The van der Waals surface area contributed by atoms with Gasteiger partial charge in [0.2, 0.25) is 0 Å². The van der Waals surface area contributed by atoms with Crippen LogP contribution in [0.1, 0.15) is 5.56 Å². The molecule has 0 aliphatic heterocycles. The third-order valence-corrected chi connectivity index (χ3v) is 3.23. The van der Waals surface area contributed by atoms with E-state index in [9.17, 15) is 4.79 Å². The highest BCUT2D eigenvalue weighted by atomic mass is 16.1. The fourth-order valence-corrected chi connectivity index (χ4v) is 2.17. The Morgan fingerprint density at radius 3 is 2.47 bits per heavy atom. The number of hydrogen-bond acceptors (Lipinski definition) is 2. The Morgan fingerprint density at radius 2 is 1.74 bits per heavy atom. The van der Waals surface area contributed by atoms with E-state index in [1.54, 1.807) is 6.07 Å². The summed E-state index contributed by atoms with van der Waals surface area (Å²) in [6.07, 6.45) is 0. The number of nitrogens with two attached hydrogens (primary N) is 1. The molecule has 0 fully saturated rings. The van der Waals surface area contributed by atoms with E-state index in [0.717, 1.165) is 16.5 Å². The number of pyridine rings is 1. The summed E-state index contributed by atoms with van der Waals surface area (Å²) in [7, 11) is 0. The molecule has 0 saturated carbocycles. The fourth-order valence-electron chi connectivity index (χ4n) is 2.17. The van der Waals surface area contributed by atoms with Crippen LogP contribution in [0.15, 0.2) is 53.3 Å². The molecule has 3 rings (SSSR count). The van der Waals surface area contributed by atoms with Crippen molar-refractivity contribution in [2.45, 2.75) is 6.92 Å². The number of rotatable bonds is 1. The molecule has 3 aromatic rings. The van der Waals surface area contributed by atoms with Gasteiger partial charge >= 0.3 is 0 Å². The standard InChI is InChI=1S/C16H14N2O/c1-10-2-4-11(5-3-10)14-8-12-6-7-13(17)9-15(12)18-16(14)19/h2-9H,17H2,1H3,(H,18,19). The first-order valence-corrected chi connectivity index (χ1v) is 6.13. The lowest BCUT2D eigenvalue weighted by atomic mass is 10.0. The number of nitrogens with one attached hydrogen (secondary N) is 1. The lowest BCUT2D eigenvalue weighted by molar-refractivity contribution is 1.30. The normalized spacial score (nSPS) is 10.8. The monoisotopic (exact) mass is 250 g/mol.